The van der Waals surface area contributed by atoms with Crippen LogP contribution in [0.15, 0.2) is 48.5 Å². The molecule has 0 saturated carbocycles. The van der Waals surface area contributed by atoms with Crippen LogP contribution in [-0.2, 0) is 10.9 Å². The van der Waals surface area contributed by atoms with E-state index in [2.05, 4.69) is 0 Å². The number of nitrogens with zero attached hydrogens (tertiary/aromatic N) is 1. The van der Waals surface area contributed by atoms with Gasteiger partial charge < -0.3 is 9.64 Å². The summed E-state index contributed by atoms with van der Waals surface area (Å²) in [5.74, 6) is -0.137. The van der Waals surface area contributed by atoms with Crippen LogP contribution in [-0.4, -0.2) is 36.1 Å². The highest BCUT2D eigenvalue weighted by Crippen LogP contribution is 2.32. The third-order valence-electron chi connectivity index (χ3n) is 4.39. The summed E-state index contributed by atoms with van der Waals surface area (Å²) in [7, 11) is 0. The molecule has 1 saturated heterocycles. The van der Waals surface area contributed by atoms with Crippen LogP contribution < -0.4 is 0 Å². The van der Waals surface area contributed by atoms with E-state index < -0.39 is 11.7 Å². The molecular formula is C20H20F3NO2. The van der Waals surface area contributed by atoms with E-state index in [4.69, 9.17) is 4.74 Å². The van der Waals surface area contributed by atoms with Gasteiger partial charge in [0.05, 0.1) is 17.8 Å². The zero-order chi connectivity index (χ0) is 18.9. The second-order valence-corrected chi connectivity index (χ2v) is 6.59. The zero-order valence-electron chi connectivity index (χ0n) is 14.6. The van der Waals surface area contributed by atoms with Crippen LogP contribution in [0.1, 0.15) is 29.8 Å². The third kappa shape index (κ3) is 3.90. The molecule has 0 aliphatic carbocycles. The van der Waals surface area contributed by atoms with Crippen molar-refractivity contribution >= 4 is 5.91 Å². The summed E-state index contributed by atoms with van der Waals surface area (Å²) in [4.78, 5) is 14.7. The molecule has 1 fully saturated rings. The minimum Gasteiger partial charge on any atom is -0.372 e. The fourth-order valence-electron chi connectivity index (χ4n) is 3.27. The van der Waals surface area contributed by atoms with Crippen molar-refractivity contribution in [3.8, 4) is 11.1 Å². The van der Waals surface area contributed by atoms with E-state index in [1.807, 2.05) is 13.8 Å². The molecule has 0 radical (unpaired) electrons. The molecule has 0 bridgehead atoms. The zero-order valence-corrected chi connectivity index (χ0v) is 14.6. The quantitative estimate of drug-likeness (QED) is 0.779. The molecule has 2 unspecified atom stereocenters. The van der Waals surface area contributed by atoms with Crippen LogP contribution in [0.2, 0.25) is 0 Å². The minimum atomic E-state index is -4.38. The van der Waals surface area contributed by atoms with Gasteiger partial charge in [0.15, 0.2) is 0 Å². The maximum atomic E-state index is 13.0. The highest BCUT2D eigenvalue weighted by atomic mass is 19.4. The van der Waals surface area contributed by atoms with Gasteiger partial charge in [-0.15, -0.1) is 0 Å². The van der Waals surface area contributed by atoms with Crippen molar-refractivity contribution in [3.05, 3.63) is 59.7 Å². The fraction of sp³-hybridized carbons (Fsp3) is 0.350. The molecule has 3 rings (SSSR count). The third-order valence-corrected chi connectivity index (χ3v) is 4.39. The van der Waals surface area contributed by atoms with Crippen molar-refractivity contribution in [1.29, 1.82) is 0 Å². The number of amides is 1. The predicted octanol–water partition coefficient (Wildman–Crippen LogP) is 4.62. The lowest BCUT2D eigenvalue weighted by Crippen LogP contribution is -2.48. The first-order chi connectivity index (χ1) is 12.3. The lowest BCUT2D eigenvalue weighted by atomic mass is 9.97. The summed E-state index contributed by atoms with van der Waals surface area (Å²) in [6.45, 7) is 4.81. The smallest absolute Gasteiger partial charge is 0.372 e. The van der Waals surface area contributed by atoms with Crippen molar-refractivity contribution in [2.75, 3.05) is 13.1 Å². The van der Waals surface area contributed by atoms with Crippen LogP contribution in [0, 0.1) is 0 Å². The van der Waals surface area contributed by atoms with Gasteiger partial charge in [-0.2, -0.15) is 13.2 Å². The van der Waals surface area contributed by atoms with E-state index in [-0.39, 0.29) is 18.1 Å². The van der Waals surface area contributed by atoms with Crippen LogP contribution in [0.5, 0.6) is 0 Å². The van der Waals surface area contributed by atoms with Gasteiger partial charge in [-0.25, -0.2) is 0 Å². The number of hydrogen-bond acceptors (Lipinski definition) is 2. The van der Waals surface area contributed by atoms with Gasteiger partial charge in [-0.05, 0) is 43.2 Å². The predicted molar refractivity (Wildman–Crippen MR) is 92.8 cm³/mol. The molecule has 1 amide bonds. The number of benzene rings is 2. The summed E-state index contributed by atoms with van der Waals surface area (Å²) in [5, 5.41) is 0. The summed E-state index contributed by atoms with van der Waals surface area (Å²) in [6, 6.07) is 11.9. The second-order valence-electron chi connectivity index (χ2n) is 6.59. The summed E-state index contributed by atoms with van der Waals surface area (Å²) in [5.41, 5.74) is 0.976. The minimum absolute atomic E-state index is 0.0547. The molecule has 0 aromatic heterocycles. The van der Waals surface area contributed by atoms with E-state index in [9.17, 15) is 18.0 Å². The number of ether oxygens (including phenoxy) is 1. The summed E-state index contributed by atoms with van der Waals surface area (Å²) < 4.78 is 44.0. The number of hydrogen-bond donors (Lipinski definition) is 0. The van der Waals surface area contributed by atoms with E-state index in [1.165, 1.54) is 12.1 Å². The lowest BCUT2D eigenvalue weighted by Gasteiger charge is -2.35. The van der Waals surface area contributed by atoms with Crippen molar-refractivity contribution in [3.63, 3.8) is 0 Å². The van der Waals surface area contributed by atoms with Gasteiger partial charge in [0.1, 0.15) is 0 Å². The van der Waals surface area contributed by atoms with E-state index >= 15 is 0 Å². The largest absolute Gasteiger partial charge is 0.416 e. The monoisotopic (exact) mass is 363 g/mol. The average Bonchev–Trinajstić information content (AvgIpc) is 2.59. The standard InChI is InChI=1S/C20H20F3NO2/c1-13-11-24(12-14(2)26-13)19(25)18-6-4-3-5-17(18)15-7-9-16(10-8-15)20(21,22)23/h3-10,13-14H,11-12H2,1-2H3. The average molecular weight is 363 g/mol. The lowest BCUT2D eigenvalue weighted by molar-refractivity contribution is -0.137. The first-order valence-electron chi connectivity index (χ1n) is 8.47. The Morgan fingerprint density at radius 2 is 1.58 bits per heavy atom. The highest BCUT2D eigenvalue weighted by molar-refractivity contribution is 6.01. The fourth-order valence-corrected chi connectivity index (χ4v) is 3.27. The summed E-state index contributed by atoms with van der Waals surface area (Å²) >= 11 is 0. The van der Waals surface area contributed by atoms with E-state index in [0.29, 0.717) is 29.8 Å². The topological polar surface area (TPSA) is 29.5 Å². The number of carbonyl (C=O) groups excluding carboxylic acids is 1. The van der Waals surface area contributed by atoms with Gasteiger partial charge in [0.25, 0.3) is 5.91 Å². The van der Waals surface area contributed by atoms with Gasteiger partial charge in [0.2, 0.25) is 0 Å². The van der Waals surface area contributed by atoms with Gasteiger partial charge in [0, 0.05) is 18.7 Å². The Bertz CT molecular complexity index is 776. The SMILES string of the molecule is CC1CN(C(=O)c2ccccc2-c2ccc(C(F)(F)F)cc2)CC(C)O1. The Morgan fingerprint density at radius 1 is 1.00 bits per heavy atom. The van der Waals surface area contributed by atoms with Crippen LogP contribution in [0.3, 0.4) is 0 Å². The molecule has 0 N–H and O–H groups in total. The summed E-state index contributed by atoms with van der Waals surface area (Å²) in [6.07, 6.45) is -4.49. The second kappa shape index (κ2) is 7.11. The molecule has 26 heavy (non-hydrogen) atoms. The van der Waals surface area contributed by atoms with E-state index in [1.54, 1.807) is 29.2 Å². The van der Waals surface area contributed by atoms with Crippen molar-refractivity contribution in [2.24, 2.45) is 0 Å². The number of rotatable bonds is 2. The molecule has 2 atom stereocenters. The first-order valence-corrected chi connectivity index (χ1v) is 8.47. The first kappa shape index (κ1) is 18.5. The molecule has 1 aliphatic heterocycles. The van der Waals surface area contributed by atoms with Crippen LogP contribution >= 0.6 is 0 Å². The number of halogens is 3. The molecule has 6 heteroatoms. The maximum Gasteiger partial charge on any atom is 0.416 e. The Kier molecular flexibility index (Phi) is 5.05. The number of morpholine rings is 1. The molecule has 2 aromatic rings. The molecule has 3 nitrogen and oxygen atoms in total. The number of alkyl halides is 3. The van der Waals surface area contributed by atoms with Crippen molar-refractivity contribution in [1.82, 2.24) is 4.90 Å². The molecule has 1 aliphatic rings. The van der Waals surface area contributed by atoms with Gasteiger partial charge >= 0.3 is 6.18 Å². The van der Waals surface area contributed by atoms with Crippen molar-refractivity contribution < 1.29 is 22.7 Å². The van der Waals surface area contributed by atoms with Crippen molar-refractivity contribution in [2.45, 2.75) is 32.2 Å². The molecular weight excluding hydrogens is 343 g/mol. The maximum absolute atomic E-state index is 13.0. The van der Waals surface area contributed by atoms with Gasteiger partial charge in [-0.1, -0.05) is 30.3 Å². The van der Waals surface area contributed by atoms with Crippen LogP contribution in [0.4, 0.5) is 13.2 Å². The molecule has 1 heterocycles. The Hall–Kier alpha value is -2.34. The van der Waals surface area contributed by atoms with E-state index in [0.717, 1.165) is 12.1 Å². The molecule has 2 aromatic carbocycles. The van der Waals surface area contributed by atoms with Crippen LogP contribution in [0.25, 0.3) is 11.1 Å². The van der Waals surface area contributed by atoms with Gasteiger partial charge in [-0.3, -0.25) is 4.79 Å². The Labute approximate surface area is 150 Å². The molecule has 0 spiro atoms. The molecule has 138 valence electrons. The number of carbonyl (C=O) groups is 1. The normalized spacial score (nSPS) is 20.9. The Morgan fingerprint density at radius 3 is 2.15 bits per heavy atom. The highest BCUT2D eigenvalue weighted by Gasteiger charge is 2.31. The Balaban J connectivity index is 1.92.